The van der Waals surface area contributed by atoms with E-state index < -0.39 is 0 Å². The zero-order valence-electron chi connectivity index (χ0n) is 20.3. The summed E-state index contributed by atoms with van der Waals surface area (Å²) in [5.74, 6) is 2.55. The molecule has 4 heterocycles. The van der Waals surface area contributed by atoms with Crippen LogP contribution in [0.3, 0.4) is 0 Å². The van der Waals surface area contributed by atoms with Crippen molar-refractivity contribution in [2.24, 2.45) is 4.99 Å². The molecule has 2 aromatic heterocycles. The summed E-state index contributed by atoms with van der Waals surface area (Å²) >= 11 is 0. The van der Waals surface area contributed by atoms with E-state index in [1.165, 1.54) is 0 Å². The van der Waals surface area contributed by atoms with Crippen LogP contribution < -0.4 is 10.1 Å². The van der Waals surface area contributed by atoms with Gasteiger partial charge in [-0.3, -0.25) is 14.6 Å². The first-order valence-corrected chi connectivity index (χ1v) is 12.0. The van der Waals surface area contributed by atoms with Gasteiger partial charge in [-0.05, 0) is 42.5 Å². The number of hydrogen-bond acceptors (Lipinski definition) is 8. The molecule has 0 saturated carbocycles. The van der Waals surface area contributed by atoms with Crippen LogP contribution in [0.25, 0.3) is 22.4 Å². The van der Waals surface area contributed by atoms with Crippen LogP contribution in [0.1, 0.15) is 11.3 Å². The van der Waals surface area contributed by atoms with Crippen molar-refractivity contribution in [3.05, 3.63) is 59.9 Å². The number of aromatic nitrogens is 5. The molecule has 2 aliphatic heterocycles. The Morgan fingerprint density at radius 2 is 1.78 bits per heavy atom. The highest BCUT2D eigenvalue weighted by Gasteiger charge is 2.12. The van der Waals surface area contributed by atoms with E-state index in [4.69, 9.17) is 14.5 Å². The number of nitrogens with zero attached hydrogens (tertiary/aromatic N) is 6. The minimum Gasteiger partial charge on any atom is -0.487 e. The van der Waals surface area contributed by atoms with Gasteiger partial charge < -0.3 is 19.8 Å². The Balaban J connectivity index is 0.00000160. The molecule has 1 fully saturated rings. The van der Waals surface area contributed by atoms with Gasteiger partial charge in [-0.15, -0.1) is 29.9 Å². The molecule has 4 aromatic rings. The van der Waals surface area contributed by atoms with E-state index in [0.717, 1.165) is 97.7 Å². The van der Waals surface area contributed by atoms with Gasteiger partial charge in [-0.2, -0.15) is 0 Å². The van der Waals surface area contributed by atoms with Gasteiger partial charge in [0.15, 0.2) is 0 Å². The number of benzene rings is 2. The summed E-state index contributed by atoms with van der Waals surface area (Å²) in [5.41, 5.74) is 4.81. The van der Waals surface area contributed by atoms with Gasteiger partial charge >= 0.3 is 0 Å². The maximum Gasteiger partial charge on any atom is 0.138 e. The molecule has 2 aromatic carbocycles. The molecule has 6 rings (SSSR count). The van der Waals surface area contributed by atoms with Crippen LogP contribution in [0, 0.1) is 0 Å². The smallest absolute Gasteiger partial charge is 0.138 e. The third-order valence-electron chi connectivity index (χ3n) is 6.28. The van der Waals surface area contributed by atoms with Gasteiger partial charge in [0.1, 0.15) is 29.7 Å². The molecule has 0 amide bonds. The van der Waals surface area contributed by atoms with E-state index in [0.29, 0.717) is 6.61 Å². The highest BCUT2D eigenvalue weighted by molar-refractivity contribution is 6.02. The van der Waals surface area contributed by atoms with Crippen molar-refractivity contribution in [2.75, 3.05) is 45.9 Å². The first kappa shape index (κ1) is 26.9. The predicted octanol–water partition coefficient (Wildman–Crippen LogP) is 2.93. The van der Waals surface area contributed by atoms with Crippen molar-refractivity contribution in [1.82, 2.24) is 35.2 Å². The molecular weight excluding hydrogens is 515 g/mol. The van der Waals surface area contributed by atoms with Crippen molar-refractivity contribution in [1.29, 1.82) is 0 Å². The number of amidine groups is 1. The second-order valence-corrected chi connectivity index (χ2v) is 8.71. The third-order valence-corrected chi connectivity index (χ3v) is 6.28. The lowest BCUT2D eigenvalue weighted by molar-refractivity contribution is 0.0359. The maximum atomic E-state index is 5.93. The Morgan fingerprint density at radius 1 is 0.973 bits per heavy atom. The zero-order valence-corrected chi connectivity index (χ0v) is 21.9. The molecule has 0 aliphatic carbocycles. The van der Waals surface area contributed by atoms with Crippen LogP contribution in [0.2, 0.25) is 0 Å². The second kappa shape index (κ2) is 12.4. The number of ether oxygens (including phenoxy) is 2. The van der Waals surface area contributed by atoms with Crippen molar-refractivity contribution in [3.8, 4) is 17.1 Å². The molecule has 2 aliphatic rings. The average molecular weight is 545 g/mol. The fraction of sp³-hybridized carbons (Fsp3) is 0.360. The molecule has 0 unspecified atom stereocenters. The van der Waals surface area contributed by atoms with Crippen molar-refractivity contribution >= 4 is 41.7 Å². The van der Waals surface area contributed by atoms with Crippen LogP contribution >= 0.6 is 24.8 Å². The number of nitrogens with one attached hydrogen (secondary N) is 2. The first-order chi connectivity index (χ1) is 17.3. The number of aliphatic imine (C=N–C) groups is 1. The lowest BCUT2D eigenvalue weighted by Gasteiger charge is -2.26. The van der Waals surface area contributed by atoms with E-state index >= 15 is 0 Å². The first-order valence-electron chi connectivity index (χ1n) is 12.0. The molecule has 10 nitrogen and oxygen atoms in total. The summed E-state index contributed by atoms with van der Waals surface area (Å²) in [7, 11) is 0. The van der Waals surface area contributed by atoms with Gasteiger partial charge in [0.2, 0.25) is 0 Å². The number of imidazole rings is 1. The van der Waals surface area contributed by atoms with E-state index in [9.17, 15) is 0 Å². The average Bonchev–Trinajstić information content (AvgIpc) is 3.68. The Hall–Kier alpha value is -3.18. The molecule has 2 N–H and O–H groups in total. The topological polar surface area (TPSA) is 105 Å². The molecule has 37 heavy (non-hydrogen) atoms. The Bertz CT molecular complexity index is 1330. The number of halogens is 2. The zero-order chi connectivity index (χ0) is 23.5. The molecule has 196 valence electrons. The minimum absolute atomic E-state index is 0. The van der Waals surface area contributed by atoms with Gasteiger partial charge in [0.25, 0.3) is 0 Å². The lowest BCUT2D eigenvalue weighted by Crippen LogP contribution is -2.38. The van der Waals surface area contributed by atoms with E-state index in [-0.39, 0.29) is 24.8 Å². The summed E-state index contributed by atoms with van der Waals surface area (Å²) < 4.78 is 13.2. The number of fused-ring (bicyclic) bond motifs is 1. The van der Waals surface area contributed by atoms with Crippen molar-refractivity contribution in [3.63, 3.8) is 0 Å². The summed E-state index contributed by atoms with van der Waals surface area (Å²) in [4.78, 5) is 15.0. The number of H-pyrrole nitrogens is 1. The number of aromatic amines is 1. The number of morpholine rings is 1. The third kappa shape index (κ3) is 6.40. The van der Waals surface area contributed by atoms with Crippen LogP contribution in [0.15, 0.2) is 53.7 Å². The summed E-state index contributed by atoms with van der Waals surface area (Å²) in [6.07, 6.45) is 1.95. The Morgan fingerprint density at radius 3 is 2.57 bits per heavy atom. The van der Waals surface area contributed by atoms with Crippen molar-refractivity contribution in [2.45, 2.75) is 13.2 Å². The van der Waals surface area contributed by atoms with Crippen LogP contribution in [-0.2, 0) is 17.9 Å². The number of hydrogen-bond donors (Lipinski definition) is 2. The SMILES string of the molecule is Cl.Cl.c1cc(-c2nc3ccc(C4=NCCN4)cc3[nH]2)ccc1OCc1cn(CCN2CCOCC2)nn1. The molecule has 0 radical (unpaired) electrons. The van der Waals surface area contributed by atoms with Crippen LogP contribution in [0.4, 0.5) is 0 Å². The normalized spacial score (nSPS) is 15.5. The second-order valence-electron chi connectivity index (χ2n) is 8.71. The van der Waals surface area contributed by atoms with Crippen LogP contribution in [-0.4, -0.2) is 81.6 Å². The standard InChI is InChI=1S/C25H28N8O2.2ClH/c1-4-21(35-17-20-16-33(31-30-20)10-9-32-11-13-34-14-12-32)5-2-18(1)25-28-22-6-3-19(15-23(22)29-25)24-26-7-8-27-24;;/h1-6,15-16H,7-14,17H2,(H,26,27)(H,28,29);2*1H. The highest BCUT2D eigenvalue weighted by atomic mass is 35.5. The van der Waals surface area contributed by atoms with Crippen molar-refractivity contribution < 1.29 is 9.47 Å². The molecule has 0 spiro atoms. The lowest BCUT2D eigenvalue weighted by atomic mass is 10.2. The fourth-order valence-corrected chi connectivity index (χ4v) is 4.33. The summed E-state index contributed by atoms with van der Waals surface area (Å²) in [5, 5.41) is 11.8. The van der Waals surface area contributed by atoms with Gasteiger partial charge in [-0.25, -0.2) is 4.98 Å². The summed E-state index contributed by atoms with van der Waals surface area (Å²) in [6, 6.07) is 14.1. The fourth-order valence-electron chi connectivity index (χ4n) is 4.33. The monoisotopic (exact) mass is 544 g/mol. The molecule has 12 heteroatoms. The van der Waals surface area contributed by atoms with Gasteiger partial charge in [0, 0.05) is 37.3 Å². The molecule has 0 bridgehead atoms. The minimum atomic E-state index is 0. The predicted molar refractivity (Wildman–Crippen MR) is 147 cm³/mol. The maximum absolute atomic E-state index is 5.93. The molecule has 0 atom stereocenters. The van der Waals surface area contributed by atoms with Gasteiger partial charge in [0.05, 0.1) is 43.5 Å². The van der Waals surface area contributed by atoms with E-state index in [1.54, 1.807) is 0 Å². The highest BCUT2D eigenvalue weighted by Crippen LogP contribution is 2.24. The van der Waals surface area contributed by atoms with E-state index in [2.05, 4.69) is 42.6 Å². The number of rotatable bonds is 8. The van der Waals surface area contributed by atoms with E-state index in [1.807, 2.05) is 41.2 Å². The summed E-state index contributed by atoms with van der Waals surface area (Å²) in [6.45, 7) is 7.41. The van der Waals surface area contributed by atoms with Crippen LogP contribution in [0.5, 0.6) is 5.75 Å². The Kier molecular flexibility index (Phi) is 8.99. The van der Waals surface area contributed by atoms with Gasteiger partial charge in [-0.1, -0.05) is 5.21 Å². The molecular formula is C25H30Cl2N8O2. The molecule has 1 saturated heterocycles. The largest absolute Gasteiger partial charge is 0.487 e. The quantitative estimate of drug-likeness (QED) is 0.351. The Labute approximate surface area is 227 Å².